The number of benzene rings is 2. The van der Waals surface area contributed by atoms with Gasteiger partial charge in [0, 0.05) is 17.5 Å². The van der Waals surface area contributed by atoms with E-state index in [1.54, 1.807) is 55.6 Å². The van der Waals surface area contributed by atoms with Crippen LogP contribution in [0.2, 0.25) is 5.02 Å². The van der Waals surface area contributed by atoms with Gasteiger partial charge in [0.05, 0.1) is 26.2 Å². The van der Waals surface area contributed by atoms with Gasteiger partial charge in [-0.3, -0.25) is 4.79 Å². The molecule has 2 aromatic carbocycles. The van der Waals surface area contributed by atoms with Crippen LogP contribution in [0.25, 0.3) is 10.4 Å². The lowest BCUT2D eigenvalue weighted by atomic mass is 10.1. The van der Waals surface area contributed by atoms with Gasteiger partial charge in [-0.2, -0.15) is 0 Å². The summed E-state index contributed by atoms with van der Waals surface area (Å²) in [7, 11) is -1.73. The molecule has 0 fully saturated rings. The molecule has 4 rings (SSSR count). The highest BCUT2D eigenvalue weighted by Crippen LogP contribution is 2.43. The third-order valence-corrected chi connectivity index (χ3v) is 7.59. The molecule has 0 saturated heterocycles. The fourth-order valence-corrected chi connectivity index (χ4v) is 6.27. The van der Waals surface area contributed by atoms with E-state index < -0.39 is 9.84 Å². The molecule has 3 aromatic rings. The summed E-state index contributed by atoms with van der Waals surface area (Å²) >= 11 is 7.50. The number of anilines is 1. The Morgan fingerprint density at radius 3 is 2.58 bits per heavy atom. The molecule has 4 nitrogen and oxygen atoms in total. The SMILES string of the molecule is CN(C(=O)c1cc2c(s1)-c1ccccc1S(=O)(=O)C2)c1ccccc1Cl. The minimum absolute atomic E-state index is 0.0844. The Bertz CT molecular complexity index is 1140. The molecule has 0 spiro atoms. The van der Waals surface area contributed by atoms with E-state index in [-0.39, 0.29) is 11.7 Å². The molecule has 0 radical (unpaired) electrons. The zero-order valence-corrected chi connectivity index (χ0v) is 16.2. The number of sulfone groups is 1. The third-order valence-electron chi connectivity index (χ3n) is 4.35. The van der Waals surface area contributed by atoms with Gasteiger partial charge in [0.1, 0.15) is 0 Å². The number of para-hydroxylation sites is 1. The Morgan fingerprint density at radius 2 is 1.81 bits per heavy atom. The number of amides is 1. The highest BCUT2D eigenvalue weighted by atomic mass is 35.5. The van der Waals surface area contributed by atoms with Gasteiger partial charge in [-0.05, 0) is 29.8 Å². The van der Waals surface area contributed by atoms with E-state index >= 15 is 0 Å². The lowest BCUT2D eigenvalue weighted by Gasteiger charge is -2.17. The number of carbonyl (C=O) groups is 1. The molecule has 1 amide bonds. The minimum atomic E-state index is -3.39. The molecule has 0 saturated carbocycles. The van der Waals surface area contributed by atoms with Crippen molar-refractivity contribution >= 4 is 44.4 Å². The number of hydrogen-bond acceptors (Lipinski definition) is 4. The van der Waals surface area contributed by atoms with Gasteiger partial charge in [-0.25, -0.2) is 8.42 Å². The molecule has 0 aliphatic carbocycles. The van der Waals surface area contributed by atoms with Crippen LogP contribution in [0.15, 0.2) is 59.5 Å². The molecular weight excluding hydrogens is 390 g/mol. The predicted octanol–water partition coefficient (Wildman–Crippen LogP) is 4.63. The Morgan fingerprint density at radius 1 is 1.12 bits per heavy atom. The van der Waals surface area contributed by atoms with Crippen molar-refractivity contribution < 1.29 is 13.2 Å². The van der Waals surface area contributed by atoms with Gasteiger partial charge in [-0.15, -0.1) is 11.3 Å². The first-order chi connectivity index (χ1) is 12.4. The summed E-state index contributed by atoms with van der Waals surface area (Å²) < 4.78 is 25.0. The van der Waals surface area contributed by atoms with Crippen LogP contribution in [0, 0.1) is 0 Å². The largest absolute Gasteiger partial charge is 0.309 e. The van der Waals surface area contributed by atoms with E-state index in [4.69, 9.17) is 11.6 Å². The maximum absolute atomic E-state index is 12.9. The first-order valence-electron chi connectivity index (χ1n) is 7.86. The number of rotatable bonds is 2. The lowest BCUT2D eigenvalue weighted by molar-refractivity contribution is 0.0997. The number of fused-ring (bicyclic) bond motifs is 3. The fourth-order valence-electron chi connectivity index (χ4n) is 3.08. The van der Waals surface area contributed by atoms with Gasteiger partial charge < -0.3 is 4.90 Å². The summed E-state index contributed by atoms with van der Waals surface area (Å²) in [6.07, 6.45) is 0. The van der Waals surface area contributed by atoms with Crippen molar-refractivity contribution in [2.75, 3.05) is 11.9 Å². The maximum atomic E-state index is 12.9. The average molecular weight is 404 g/mol. The Labute approximate surface area is 160 Å². The zero-order valence-electron chi connectivity index (χ0n) is 13.8. The molecular formula is C19H14ClNO3S2. The highest BCUT2D eigenvalue weighted by molar-refractivity contribution is 7.91. The number of thiophene rings is 1. The van der Waals surface area contributed by atoms with E-state index in [1.165, 1.54) is 16.2 Å². The maximum Gasteiger partial charge on any atom is 0.268 e. The first-order valence-corrected chi connectivity index (χ1v) is 10.7. The second-order valence-corrected chi connectivity index (χ2v) is 9.45. The third kappa shape index (κ3) is 2.74. The van der Waals surface area contributed by atoms with Crippen LogP contribution >= 0.6 is 22.9 Å². The van der Waals surface area contributed by atoms with Gasteiger partial charge in [0.25, 0.3) is 5.91 Å². The van der Waals surface area contributed by atoms with Crippen LogP contribution in [0.3, 0.4) is 0 Å². The molecule has 26 heavy (non-hydrogen) atoms. The summed E-state index contributed by atoms with van der Waals surface area (Å²) in [4.78, 5) is 16.1. The van der Waals surface area contributed by atoms with Crippen molar-refractivity contribution in [3.63, 3.8) is 0 Å². The molecule has 0 atom stereocenters. The zero-order chi connectivity index (χ0) is 18.5. The quantitative estimate of drug-likeness (QED) is 0.626. The van der Waals surface area contributed by atoms with E-state index in [9.17, 15) is 13.2 Å². The summed E-state index contributed by atoms with van der Waals surface area (Å²) in [6, 6.07) is 15.7. The van der Waals surface area contributed by atoms with Crippen LogP contribution in [-0.2, 0) is 15.6 Å². The van der Waals surface area contributed by atoms with Crippen LogP contribution in [-0.4, -0.2) is 21.4 Å². The van der Waals surface area contributed by atoms with Crippen molar-refractivity contribution in [1.29, 1.82) is 0 Å². The minimum Gasteiger partial charge on any atom is -0.309 e. The number of nitrogens with zero attached hydrogens (tertiary/aromatic N) is 1. The second-order valence-electron chi connectivity index (χ2n) is 6.04. The fraction of sp³-hybridized carbons (Fsp3) is 0.105. The molecule has 1 aromatic heterocycles. The van der Waals surface area contributed by atoms with Crippen molar-refractivity contribution in [2.24, 2.45) is 0 Å². The van der Waals surface area contributed by atoms with Crippen molar-refractivity contribution in [1.82, 2.24) is 0 Å². The van der Waals surface area contributed by atoms with Gasteiger partial charge >= 0.3 is 0 Å². The second kappa shape index (κ2) is 6.23. The van der Waals surface area contributed by atoms with Crippen LogP contribution in [0.4, 0.5) is 5.69 Å². The van der Waals surface area contributed by atoms with Crippen LogP contribution < -0.4 is 4.90 Å². The van der Waals surface area contributed by atoms with E-state index in [2.05, 4.69) is 0 Å². The van der Waals surface area contributed by atoms with Crippen molar-refractivity contribution in [2.45, 2.75) is 10.6 Å². The Kier molecular flexibility index (Phi) is 4.14. The molecule has 7 heteroatoms. The topological polar surface area (TPSA) is 54.5 Å². The summed E-state index contributed by atoms with van der Waals surface area (Å²) in [5.41, 5.74) is 1.95. The van der Waals surface area contributed by atoms with Gasteiger partial charge in [-0.1, -0.05) is 41.9 Å². The number of carbonyl (C=O) groups excluding carboxylic acids is 1. The summed E-state index contributed by atoms with van der Waals surface area (Å²) in [5, 5.41) is 0.484. The van der Waals surface area contributed by atoms with Gasteiger partial charge in [0.2, 0.25) is 0 Å². The monoisotopic (exact) mass is 403 g/mol. The predicted molar refractivity (Wildman–Crippen MR) is 105 cm³/mol. The smallest absolute Gasteiger partial charge is 0.268 e. The Hall–Kier alpha value is -2.15. The molecule has 2 heterocycles. The van der Waals surface area contributed by atoms with Crippen LogP contribution in [0.5, 0.6) is 0 Å². The molecule has 0 unspecified atom stereocenters. The van der Waals surface area contributed by atoms with Crippen molar-refractivity contribution in [3.8, 4) is 10.4 Å². The van der Waals surface area contributed by atoms with E-state index in [0.717, 1.165) is 4.88 Å². The normalized spacial score (nSPS) is 14.4. The summed E-state index contributed by atoms with van der Waals surface area (Å²) in [5.74, 6) is -0.300. The average Bonchev–Trinajstić information content (AvgIpc) is 3.04. The molecule has 0 bridgehead atoms. The van der Waals surface area contributed by atoms with E-state index in [1.807, 2.05) is 6.07 Å². The molecule has 1 aliphatic heterocycles. The molecule has 0 N–H and O–H groups in total. The van der Waals surface area contributed by atoms with Gasteiger partial charge in [0.15, 0.2) is 9.84 Å². The van der Waals surface area contributed by atoms with Crippen molar-refractivity contribution in [3.05, 3.63) is 70.1 Å². The highest BCUT2D eigenvalue weighted by Gasteiger charge is 2.31. The number of hydrogen-bond donors (Lipinski definition) is 0. The molecule has 1 aliphatic rings. The summed E-state index contributed by atoms with van der Waals surface area (Å²) in [6.45, 7) is 0. The van der Waals surface area contributed by atoms with E-state index in [0.29, 0.717) is 31.6 Å². The standard InChI is InChI=1S/C19H14ClNO3S2/c1-21(15-8-4-3-7-14(15)20)19(22)16-10-12-11-26(23,24)17-9-5-2-6-13(17)18(12)25-16/h2-10H,11H2,1H3. The first kappa shape index (κ1) is 17.3. The Balaban J connectivity index is 1.78. The number of halogens is 1. The molecule has 132 valence electrons. The lowest BCUT2D eigenvalue weighted by Crippen LogP contribution is -2.25. The van der Waals surface area contributed by atoms with Crippen LogP contribution in [0.1, 0.15) is 15.2 Å².